The Labute approximate surface area is 143 Å². The van der Waals surface area contributed by atoms with Crippen LogP contribution >= 0.6 is 11.6 Å². The molecule has 2 aromatic rings. The first kappa shape index (κ1) is 16.2. The molecule has 5 nitrogen and oxygen atoms in total. The molecule has 1 fully saturated rings. The monoisotopic (exact) mass is 343 g/mol. The average molecular weight is 344 g/mol. The molecule has 2 aromatic carbocycles. The Morgan fingerprint density at radius 3 is 2.42 bits per heavy atom. The number of benzene rings is 2. The van der Waals surface area contributed by atoms with Gasteiger partial charge < -0.3 is 9.64 Å². The van der Waals surface area contributed by atoms with E-state index < -0.39 is 11.9 Å². The highest BCUT2D eigenvalue weighted by Crippen LogP contribution is 2.27. The van der Waals surface area contributed by atoms with Crippen LogP contribution in [0.1, 0.15) is 16.8 Å². The highest BCUT2D eigenvalue weighted by atomic mass is 35.5. The van der Waals surface area contributed by atoms with Crippen molar-refractivity contribution in [3.8, 4) is 5.75 Å². The first-order valence-corrected chi connectivity index (χ1v) is 7.77. The van der Waals surface area contributed by atoms with Gasteiger partial charge in [-0.1, -0.05) is 11.6 Å². The number of rotatable bonds is 4. The van der Waals surface area contributed by atoms with Crippen molar-refractivity contribution < 1.29 is 19.1 Å². The van der Waals surface area contributed by atoms with Crippen LogP contribution in [-0.4, -0.2) is 24.7 Å². The van der Waals surface area contributed by atoms with Crippen molar-refractivity contribution >= 4 is 35.5 Å². The minimum atomic E-state index is -0.529. The molecule has 1 aliphatic rings. The van der Waals surface area contributed by atoms with Crippen LogP contribution in [0.5, 0.6) is 5.75 Å². The normalized spacial score (nSPS) is 17.0. The van der Waals surface area contributed by atoms with E-state index in [0.29, 0.717) is 28.3 Å². The second-order valence-corrected chi connectivity index (χ2v) is 5.93. The van der Waals surface area contributed by atoms with Gasteiger partial charge in [-0.3, -0.25) is 14.4 Å². The van der Waals surface area contributed by atoms with E-state index >= 15 is 0 Å². The largest absolute Gasteiger partial charge is 0.426 e. The van der Waals surface area contributed by atoms with E-state index in [1.54, 1.807) is 53.4 Å². The molecule has 3 rings (SSSR count). The summed E-state index contributed by atoms with van der Waals surface area (Å²) in [5.74, 6) is -0.767. The molecule has 1 saturated heterocycles. The van der Waals surface area contributed by atoms with Gasteiger partial charge in [0.05, 0.1) is 5.92 Å². The number of carbonyl (C=O) groups is 3. The number of nitrogens with zero attached hydrogens (tertiary/aromatic N) is 1. The lowest BCUT2D eigenvalue weighted by molar-refractivity contribution is -0.139. The maximum absolute atomic E-state index is 12.3. The summed E-state index contributed by atoms with van der Waals surface area (Å²) >= 11 is 5.85. The van der Waals surface area contributed by atoms with Gasteiger partial charge in [-0.2, -0.15) is 0 Å². The van der Waals surface area contributed by atoms with Crippen molar-refractivity contribution in [3.05, 3.63) is 59.1 Å². The maximum atomic E-state index is 12.3. The second-order valence-electron chi connectivity index (χ2n) is 5.49. The molecule has 0 bridgehead atoms. The molecule has 0 N–H and O–H groups in total. The third-order valence-corrected chi connectivity index (χ3v) is 4.08. The fraction of sp³-hybridized carbons (Fsp3) is 0.167. The van der Waals surface area contributed by atoms with Gasteiger partial charge in [0.15, 0.2) is 0 Å². The van der Waals surface area contributed by atoms with Crippen molar-refractivity contribution in [2.24, 2.45) is 5.92 Å². The van der Waals surface area contributed by atoms with Crippen molar-refractivity contribution in [1.82, 2.24) is 0 Å². The fourth-order valence-electron chi connectivity index (χ4n) is 2.55. The standard InChI is InChI=1S/C18H14ClNO4/c19-14-3-5-15(6-4-14)20-10-13(9-17(20)22)18(23)24-16-7-1-12(11-21)2-8-16/h1-8,11,13H,9-10H2/t13-/m0/s1. The van der Waals surface area contributed by atoms with E-state index in [2.05, 4.69) is 0 Å². The Morgan fingerprint density at radius 1 is 1.12 bits per heavy atom. The lowest BCUT2D eigenvalue weighted by Crippen LogP contribution is -2.27. The molecule has 1 atom stereocenters. The summed E-state index contributed by atoms with van der Waals surface area (Å²) in [6.45, 7) is 0.270. The summed E-state index contributed by atoms with van der Waals surface area (Å²) in [5, 5.41) is 0.583. The molecule has 1 heterocycles. The molecular formula is C18H14ClNO4. The van der Waals surface area contributed by atoms with Gasteiger partial charge in [0, 0.05) is 29.2 Å². The molecular weight excluding hydrogens is 330 g/mol. The molecule has 1 amide bonds. The number of halogens is 1. The Bertz CT molecular complexity index is 771. The van der Waals surface area contributed by atoms with Crippen LogP contribution in [-0.2, 0) is 9.59 Å². The summed E-state index contributed by atoms with van der Waals surface area (Å²) in [6.07, 6.45) is 0.819. The van der Waals surface area contributed by atoms with Gasteiger partial charge >= 0.3 is 5.97 Å². The molecule has 1 aliphatic heterocycles. The Kier molecular flexibility index (Phi) is 4.62. The zero-order valence-corrected chi connectivity index (χ0v) is 13.4. The highest BCUT2D eigenvalue weighted by molar-refractivity contribution is 6.30. The van der Waals surface area contributed by atoms with Crippen LogP contribution < -0.4 is 9.64 Å². The van der Waals surface area contributed by atoms with Crippen LogP contribution in [0, 0.1) is 5.92 Å². The van der Waals surface area contributed by atoms with E-state index in [4.69, 9.17) is 16.3 Å². The molecule has 0 spiro atoms. The number of carbonyl (C=O) groups excluding carboxylic acids is 3. The van der Waals surface area contributed by atoms with Crippen LogP contribution in [0.15, 0.2) is 48.5 Å². The molecule has 0 aliphatic carbocycles. The van der Waals surface area contributed by atoms with E-state index in [-0.39, 0.29) is 18.9 Å². The minimum Gasteiger partial charge on any atom is -0.426 e. The number of aldehydes is 1. The number of amides is 1. The molecule has 0 unspecified atom stereocenters. The quantitative estimate of drug-likeness (QED) is 0.486. The lowest BCUT2D eigenvalue weighted by atomic mass is 10.1. The SMILES string of the molecule is O=Cc1ccc(OC(=O)[C@H]2CC(=O)N(c3ccc(Cl)cc3)C2)cc1. The van der Waals surface area contributed by atoms with E-state index in [1.807, 2.05) is 0 Å². The summed E-state index contributed by atoms with van der Waals surface area (Å²) in [5.41, 5.74) is 1.20. The van der Waals surface area contributed by atoms with Gasteiger partial charge in [-0.05, 0) is 48.5 Å². The average Bonchev–Trinajstić information content (AvgIpc) is 2.98. The first-order valence-electron chi connectivity index (χ1n) is 7.39. The number of hydrogen-bond donors (Lipinski definition) is 0. The Balaban J connectivity index is 1.67. The van der Waals surface area contributed by atoms with Gasteiger partial charge in [0.1, 0.15) is 12.0 Å². The number of esters is 1. The van der Waals surface area contributed by atoms with Crippen LogP contribution in [0.3, 0.4) is 0 Å². The van der Waals surface area contributed by atoms with Gasteiger partial charge in [-0.15, -0.1) is 0 Å². The first-order chi connectivity index (χ1) is 11.6. The number of hydrogen-bond acceptors (Lipinski definition) is 4. The number of ether oxygens (including phenoxy) is 1. The second kappa shape index (κ2) is 6.84. The van der Waals surface area contributed by atoms with Gasteiger partial charge in [-0.25, -0.2) is 0 Å². The molecule has 6 heteroatoms. The van der Waals surface area contributed by atoms with Crippen molar-refractivity contribution in [2.45, 2.75) is 6.42 Å². The van der Waals surface area contributed by atoms with Crippen LogP contribution in [0.2, 0.25) is 5.02 Å². The Morgan fingerprint density at radius 2 is 1.79 bits per heavy atom. The third-order valence-electron chi connectivity index (χ3n) is 3.83. The maximum Gasteiger partial charge on any atom is 0.316 e. The molecule has 0 aromatic heterocycles. The summed E-state index contributed by atoms with van der Waals surface area (Å²) in [7, 11) is 0. The lowest BCUT2D eigenvalue weighted by Gasteiger charge is -2.16. The van der Waals surface area contributed by atoms with Crippen LogP contribution in [0.25, 0.3) is 0 Å². The van der Waals surface area contributed by atoms with Gasteiger partial charge in [0.25, 0.3) is 0 Å². The van der Waals surface area contributed by atoms with Crippen molar-refractivity contribution in [3.63, 3.8) is 0 Å². The number of anilines is 1. The Hall–Kier alpha value is -2.66. The minimum absolute atomic E-state index is 0.105. The summed E-state index contributed by atoms with van der Waals surface area (Å²) in [4.78, 5) is 36.6. The van der Waals surface area contributed by atoms with E-state index in [1.165, 1.54) is 0 Å². The molecule has 122 valence electrons. The van der Waals surface area contributed by atoms with E-state index in [0.717, 1.165) is 0 Å². The molecule has 0 radical (unpaired) electrons. The smallest absolute Gasteiger partial charge is 0.316 e. The predicted molar refractivity (Wildman–Crippen MR) is 89.4 cm³/mol. The molecule has 0 saturated carbocycles. The highest BCUT2D eigenvalue weighted by Gasteiger charge is 2.36. The van der Waals surface area contributed by atoms with Gasteiger partial charge in [0.2, 0.25) is 5.91 Å². The zero-order valence-electron chi connectivity index (χ0n) is 12.6. The fourth-order valence-corrected chi connectivity index (χ4v) is 2.68. The summed E-state index contributed by atoms with van der Waals surface area (Å²) < 4.78 is 5.29. The van der Waals surface area contributed by atoms with Crippen LogP contribution in [0.4, 0.5) is 5.69 Å². The summed E-state index contributed by atoms with van der Waals surface area (Å²) in [6, 6.07) is 13.1. The molecule has 24 heavy (non-hydrogen) atoms. The predicted octanol–water partition coefficient (Wildman–Crippen LogP) is 3.11. The van der Waals surface area contributed by atoms with Crippen molar-refractivity contribution in [2.75, 3.05) is 11.4 Å². The zero-order chi connectivity index (χ0) is 17.1. The third kappa shape index (κ3) is 3.46. The van der Waals surface area contributed by atoms with Crippen molar-refractivity contribution in [1.29, 1.82) is 0 Å². The van der Waals surface area contributed by atoms with E-state index in [9.17, 15) is 14.4 Å². The topological polar surface area (TPSA) is 63.7 Å².